The van der Waals surface area contributed by atoms with Gasteiger partial charge in [-0.2, -0.15) is 0 Å². The van der Waals surface area contributed by atoms with E-state index in [2.05, 4.69) is 0 Å². The summed E-state index contributed by atoms with van der Waals surface area (Å²) >= 11 is 0. The molecule has 0 aromatic heterocycles. The first-order valence-corrected chi connectivity index (χ1v) is 0. The van der Waals surface area contributed by atoms with E-state index >= 15 is 0 Å². The monoisotopic (exact) mass is 154 g/mol. The van der Waals surface area contributed by atoms with E-state index in [-0.39, 0.29) is 49.8 Å². The number of hydrogen-bond acceptors (Lipinski definition) is 0. The number of halogens is 2. The quantitative estimate of drug-likeness (QED) is 0.443. The van der Waals surface area contributed by atoms with Crippen LogP contribution in [0.15, 0.2) is 0 Å². The van der Waals surface area contributed by atoms with E-state index in [0.717, 1.165) is 0 Å². The van der Waals surface area contributed by atoms with Crippen LogP contribution >= 0.6 is 24.8 Å². The summed E-state index contributed by atoms with van der Waals surface area (Å²) in [6, 6.07) is 0. The van der Waals surface area contributed by atoms with Crippen molar-refractivity contribution >= 4 is 24.8 Å². The molecule has 0 unspecified atom stereocenters. The maximum Gasteiger partial charge on any atom is 0 e. The van der Waals surface area contributed by atoms with E-state index in [1.54, 1.807) is 0 Å². The molecule has 0 radical (unpaired) electrons. The average molecular weight is 156 g/mol. The predicted octanol–water partition coefficient (Wildman–Crippen LogP) is 0.0164. The van der Waals surface area contributed by atoms with Gasteiger partial charge in [0, 0.05) is 19.5 Å². The second kappa shape index (κ2) is 30.8. The second-order valence-corrected chi connectivity index (χ2v) is 0. The fourth-order valence-corrected chi connectivity index (χ4v) is 0. The van der Waals surface area contributed by atoms with Crippen molar-refractivity contribution in [1.82, 2.24) is 0 Å². The Morgan fingerprint density at radius 2 is 0.750 bits per heavy atom. The van der Waals surface area contributed by atoms with Crippen LogP contribution in [0.4, 0.5) is 0 Å². The molecule has 26 valence electrons. The summed E-state index contributed by atoms with van der Waals surface area (Å²) in [5.74, 6) is 0. The van der Waals surface area contributed by atoms with Crippen LogP contribution in [0.2, 0.25) is 0 Å². The van der Waals surface area contributed by atoms with Gasteiger partial charge in [0.2, 0.25) is 0 Å². The van der Waals surface area contributed by atoms with E-state index in [1.165, 1.54) is 0 Å². The topological polar surface area (TPSA) is 31.5 Å². The molecular formula is H4Cl2OZn. The zero-order valence-electron chi connectivity index (χ0n) is 2.02. The zero-order chi connectivity index (χ0) is 0. The molecule has 0 bridgehead atoms. The van der Waals surface area contributed by atoms with Gasteiger partial charge in [0.25, 0.3) is 0 Å². The van der Waals surface area contributed by atoms with Crippen LogP contribution in [0.25, 0.3) is 0 Å². The van der Waals surface area contributed by atoms with Crippen molar-refractivity contribution in [1.29, 1.82) is 0 Å². The Balaban J connectivity index is 0. The van der Waals surface area contributed by atoms with Gasteiger partial charge in [-0.05, 0) is 0 Å². The van der Waals surface area contributed by atoms with Gasteiger partial charge < -0.3 is 5.48 Å². The van der Waals surface area contributed by atoms with Crippen molar-refractivity contribution in [2.75, 3.05) is 0 Å². The van der Waals surface area contributed by atoms with Crippen LogP contribution < -0.4 is 0 Å². The van der Waals surface area contributed by atoms with Gasteiger partial charge in [-0.1, -0.05) is 0 Å². The summed E-state index contributed by atoms with van der Waals surface area (Å²) in [5, 5.41) is 0. The van der Waals surface area contributed by atoms with Crippen molar-refractivity contribution < 1.29 is 25.0 Å². The molecule has 0 aliphatic carbocycles. The van der Waals surface area contributed by atoms with Crippen LogP contribution in [0, 0.1) is 0 Å². The predicted molar refractivity (Wildman–Crippen MR) is 18.1 cm³/mol. The van der Waals surface area contributed by atoms with Gasteiger partial charge in [-0.15, -0.1) is 24.8 Å². The fraction of sp³-hybridized carbons (Fsp3) is 0. The normalized spacial score (nSPS) is 0. The first-order valence-electron chi connectivity index (χ1n) is 0. The van der Waals surface area contributed by atoms with E-state index in [4.69, 9.17) is 0 Å². The van der Waals surface area contributed by atoms with Crippen LogP contribution in [0.5, 0.6) is 0 Å². The Bertz CT molecular complexity index is 6.00. The fourth-order valence-electron chi connectivity index (χ4n) is 0. The molecule has 0 aliphatic heterocycles. The molecule has 1 nitrogen and oxygen atoms in total. The van der Waals surface area contributed by atoms with Crippen LogP contribution in [0.1, 0.15) is 0 Å². The summed E-state index contributed by atoms with van der Waals surface area (Å²) < 4.78 is 0. The standard InChI is InChI=1S/2ClH.H2O.Zn/h2*1H;1H2;. The molecule has 0 aromatic carbocycles. The summed E-state index contributed by atoms with van der Waals surface area (Å²) in [5.41, 5.74) is 0. The van der Waals surface area contributed by atoms with Crippen molar-refractivity contribution in [2.45, 2.75) is 0 Å². The van der Waals surface area contributed by atoms with Crippen molar-refractivity contribution in [2.24, 2.45) is 0 Å². The van der Waals surface area contributed by atoms with Gasteiger partial charge in [-0.3, -0.25) is 0 Å². The molecule has 0 heterocycles. The maximum atomic E-state index is 0. The Hall–Kier alpha value is 1.16. The third-order valence-electron chi connectivity index (χ3n) is 0. The summed E-state index contributed by atoms with van der Waals surface area (Å²) in [7, 11) is 0. The molecule has 0 spiro atoms. The van der Waals surface area contributed by atoms with Crippen molar-refractivity contribution in [3.8, 4) is 0 Å². The molecule has 0 saturated carbocycles. The van der Waals surface area contributed by atoms with E-state index in [0.29, 0.717) is 0 Å². The molecule has 0 fully saturated rings. The Morgan fingerprint density at radius 3 is 0.750 bits per heavy atom. The number of rotatable bonds is 0. The minimum atomic E-state index is 0. The van der Waals surface area contributed by atoms with Crippen LogP contribution in [0.3, 0.4) is 0 Å². The maximum absolute atomic E-state index is 0. The molecule has 0 rings (SSSR count). The number of hydrogen-bond donors (Lipinski definition) is 0. The van der Waals surface area contributed by atoms with Crippen molar-refractivity contribution in [3.63, 3.8) is 0 Å². The summed E-state index contributed by atoms with van der Waals surface area (Å²) in [4.78, 5) is 0. The Morgan fingerprint density at radius 1 is 0.750 bits per heavy atom. The van der Waals surface area contributed by atoms with E-state index in [1.807, 2.05) is 0 Å². The summed E-state index contributed by atoms with van der Waals surface area (Å²) in [6.07, 6.45) is 0. The van der Waals surface area contributed by atoms with Crippen molar-refractivity contribution in [3.05, 3.63) is 0 Å². The molecule has 0 aromatic rings. The van der Waals surface area contributed by atoms with Gasteiger partial charge in [0.15, 0.2) is 0 Å². The molecule has 4 heavy (non-hydrogen) atoms. The minimum absolute atomic E-state index is 0. The molecule has 2 N–H and O–H groups in total. The molecule has 0 saturated heterocycles. The molecule has 0 atom stereocenters. The second-order valence-electron chi connectivity index (χ2n) is 0. The van der Waals surface area contributed by atoms with E-state index in [9.17, 15) is 0 Å². The first-order chi connectivity index (χ1) is 0. The average Bonchev–Trinajstić information content (AvgIpc) is 0. The third-order valence-corrected chi connectivity index (χ3v) is 0. The van der Waals surface area contributed by atoms with Gasteiger partial charge in [-0.25, -0.2) is 0 Å². The molecular weight excluding hydrogens is 152 g/mol. The Kier molecular flexibility index (Phi) is 509. The van der Waals surface area contributed by atoms with Gasteiger partial charge >= 0.3 is 0 Å². The van der Waals surface area contributed by atoms with Gasteiger partial charge in [0.1, 0.15) is 0 Å². The zero-order valence-corrected chi connectivity index (χ0v) is 6.62. The minimum Gasteiger partial charge on any atom is -0.412 e. The van der Waals surface area contributed by atoms with Crippen LogP contribution in [-0.4, -0.2) is 5.48 Å². The van der Waals surface area contributed by atoms with E-state index < -0.39 is 0 Å². The Labute approximate surface area is 50.0 Å². The molecule has 4 heteroatoms. The first kappa shape index (κ1) is 66.1. The van der Waals surface area contributed by atoms with Gasteiger partial charge in [0.05, 0.1) is 0 Å². The largest absolute Gasteiger partial charge is 0.412 e. The molecule has 0 amide bonds. The summed E-state index contributed by atoms with van der Waals surface area (Å²) in [6.45, 7) is 0. The third kappa shape index (κ3) is 10.9. The smallest absolute Gasteiger partial charge is 0 e. The SMILES string of the molecule is Cl.Cl.O.[Zn]. The van der Waals surface area contributed by atoms with Crippen LogP contribution in [-0.2, 0) is 19.5 Å². The molecule has 0 aliphatic rings.